The smallest absolute Gasteiger partial charge is 0.321 e. The van der Waals surface area contributed by atoms with E-state index < -0.39 is 6.10 Å². The summed E-state index contributed by atoms with van der Waals surface area (Å²) in [6.45, 7) is 3.22. The molecule has 6 nitrogen and oxygen atoms in total. The van der Waals surface area contributed by atoms with Crippen molar-refractivity contribution in [1.82, 2.24) is 4.90 Å². The lowest BCUT2D eigenvalue weighted by Gasteiger charge is -2.19. The summed E-state index contributed by atoms with van der Waals surface area (Å²) < 4.78 is 5.83. The molecule has 4 rings (SSSR count). The molecule has 1 saturated heterocycles. The molecule has 1 atom stereocenters. The first-order valence-electron chi connectivity index (χ1n) is 10.9. The molecular formula is C26H27N3O3. The number of likely N-dealkylation sites (tertiary alicyclic amines) is 1. The molecule has 6 heteroatoms. The number of carbonyl (C=O) groups is 2. The second-order valence-corrected chi connectivity index (χ2v) is 7.81. The lowest BCUT2D eigenvalue weighted by molar-refractivity contribution is -0.122. The number of nitrogens with zero attached hydrogens (tertiary/aromatic N) is 1. The lowest BCUT2D eigenvalue weighted by Crippen LogP contribution is -2.33. The number of carbonyl (C=O) groups excluding carboxylic acids is 2. The monoisotopic (exact) mass is 429 g/mol. The second kappa shape index (κ2) is 10.0. The first-order valence-corrected chi connectivity index (χ1v) is 10.9. The predicted octanol–water partition coefficient (Wildman–Crippen LogP) is 5.39. The van der Waals surface area contributed by atoms with Gasteiger partial charge in [0.05, 0.1) is 11.4 Å². The summed E-state index contributed by atoms with van der Waals surface area (Å²) in [5.74, 6) is 0.322. The number of rotatable bonds is 6. The number of hydrogen-bond acceptors (Lipinski definition) is 3. The van der Waals surface area contributed by atoms with E-state index in [9.17, 15) is 9.59 Å². The molecule has 2 N–H and O–H groups in total. The molecule has 3 amide bonds. The molecule has 1 aliphatic heterocycles. The molecule has 0 saturated carbocycles. The zero-order valence-electron chi connectivity index (χ0n) is 18.1. The molecule has 0 spiro atoms. The molecule has 1 heterocycles. The molecular weight excluding hydrogens is 402 g/mol. The van der Waals surface area contributed by atoms with Crippen LogP contribution in [0.25, 0.3) is 11.1 Å². The Balaban J connectivity index is 1.37. The van der Waals surface area contributed by atoms with Crippen LogP contribution in [0.4, 0.5) is 16.2 Å². The van der Waals surface area contributed by atoms with Crippen LogP contribution < -0.4 is 15.4 Å². The molecule has 3 aromatic rings. The third kappa shape index (κ3) is 5.27. The van der Waals surface area contributed by atoms with Crippen LogP contribution in [0.5, 0.6) is 5.75 Å². The van der Waals surface area contributed by atoms with Crippen LogP contribution in [0, 0.1) is 0 Å². The van der Waals surface area contributed by atoms with Crippen molar-refractivity contribution in [2.45, 2.75) is 25.9 Å². The van der Waals surface area contributed by atoms with Gasteiger partial charge in [-0.2, -0.15) is 0 Å². The number of amides is 3. The Morgan fingerprint density at radius 2 is 1.34 bits per heavy atom. The summed E-state index contributed by atoms with van der Waals surface area (Å²) >= 11 is 0. The molecule has 0 bridgehead atoms. The molecule has 32 heavy (non-hydrogen) atoms. The Morgan fingerprint density at radius 1 is 0.781 bits per heavy atom. The Labute approximate surface area is 188 Å². The van der Waals surface area contributed by atoms with Crippen molar-refractivity contribution in [3.05, 3.63) is 78.9 Å². The molecule has 0 aromatic heterocycles. The van der Waals surface area contributed by atoms with Gasteiger partial charge in [0.2, 0.25) is 0 Å². The Kier molecular flexibility index (Phi) is 6.70. The van der Waals surface area contributed by atoms with Gasteiger partial charge in [-0.15, -0.1) is 0 Å². The van der Waals surface area contributed by atoms with Gasteiger partial charge in [-0.25, -0.2) is 4.79 Å². The number of benzene rings is 3. The molecule has 0 radical (unpaired) electrons. The molecule has 3 aromatic carbocycles. The van der Waals surface area contributed by atoms with Crippen molar-refractivity contribution >= 4 is 23.3 Å². The fraction of sp³-hybridized carbons (Fsp3) is 0.231. The fourth-order valence-electron chi connectivity index (χ4n) is 3.66. The van der Waals surface area contributed by atoms with Gasteiger partial charge in [-0.05, 0) is 55.2 Å². The van der Waals surface area contributed by atoms with Crippen LogP contribution in [0.1, 0.15) is 19.8 Å². The van der Waals surface area contributed by atoms with Gasteiger partial charge in [0.1, 0.15) is 5.75 Å². The predicted molar refractivity (Wildman–Crippen MR) is 127 cm³/mol. The summed E-state index contributed by atoms with van der Waals surface area (Å²) in [5.41, 5.74) is 3.31. The van der Waals surface area contributed by atoms with Gasteiger partial charge in [-0.3, -0.25) is 4.79 Å². The van der Waals surface area contributed by atoms with E-state index in [1.165, 1.54) is 0 Å². The van der Waals surface area contributed by atoms with Gasteiger partial charge in [-0.1, -0.05) is 54.6 Å². The molecule has 1 unspecified atom stereocenters. The minimum absolute atomic E-state index is 0.146. The Hall–Kier alpha value is -3.80. The Morgan fingerprint density at radius 3 is 2.00 bits per heavy atom. The molecule has 1 fully saturated rings. The van der Waals surface area contributed by atoms with E-state index in [-0.39, 0.29) is 11.9 Å². The summed E-state index contributed by atoms with van der Waals surface area (Å²) in [6, 6.07) is 24.8. The number of hydrogen-bond donors (Lipinski definition) is 2. The quantitative estimate of drug-likeness (QED) is 0.552. The van der Waals surface area contributed by atoms with Crippen LogP contribution in [0.2, 0.25) is 0 Å². The van der Waals surface area contributed by atoms with Crippen LogP contribution in [-0.4, -0.2) is 36.0 Å². The van der Waals surface area contributed by atoms with E-state index in [0.29, 0.717) is 17.1 Å². The summed E-state index contributed by atoms with van der Waals surface area (Å²) in [6.07, 6.45) is 1.33. The normalized spacial score (nSPS) is 14.0. The maximum Gasteiger partial charge on any atom is 0.321 e. The summed E-state index contributed by atoms with van der Waals surface area (Å²) in [7, 11) is 0. The van der Waals surface area contributed by atoms with Gasteiger partial charge < -0.3 is 20.3 Å². The van der Waals surface area contributed by atoms with E-state index in [4.69, 9.17) is 4.74 Å². The standard InChI is InChI=1S/C26H27N3O3/c1-19(32-22-15-13-21(14-16-22)20-9-3-2-4-10-20)25(30)27-23-11-5-6-12-24(23)28-26(31)29-17-7-8-18-29/h2-6,9-16,19H,7-8,17-18H2,1H3,(H,27,30)(H,28,31). The maximum absolute atomic E-state index is 12.7. The number of nitrogens with one attached hydrogen (secondary N) is 2. The SMILES string of the molecule is CC(Oc1ccc(-c2ccccc2)cc1)C(=O)Nc1ccccc1NC(=O)N1CCCC1. The highest BCUT2D eigenvalue weighted by molar-refractivity contribution is 6.00. The highest BCUT2D eigenvalue weighted by atomic mass is 16.5. The van der Waals surface area contributed by atoms with Gasteiger partial charge in [0, 0.05) is 13.1 Å². The topological polar surface area (TPSA) is 70.7 Å². The molecule has 164 valence electrons. The highest BCUT2D eigenvalue weighted by Crippen LogP contribution is 2.24. The van der Waals surface area contributed by atoms with E-state index in [0.717, 1.165) is 37.1 Å². The first-order chi connectivity index (χ1) is 15.6. The largest absolute Gasteiger partial charge is 0.481 e. The molecule has 1 aliphatic rings. The highest BCUT2D eigenvalue weighted by Gasteiger charge is 2.20. The number of ether oxygens (including phenoxy) is 1. The average Bonchev–Trinajstić information content (AvgIpc) is 3.37. The van der Waals surface area contributed by atoms with Crippen molar-refractivity contribution < 1.29 is 14.3 Å². The summed E-state index contributed by atoms with van der Waals surface area (Å²) in [4.78, 5) is 27.0. The maximum atomic E-state index is 12.7. The van der Waals surface area contributed by atoms with E-state index in [2.05, 4.69) is 10.6 Å². The average molecular weight is 430 g/mol. The van der Waals surface area contributed by atoms with Crippen molar-refractivity contribution in [3.63, 3.8) is 0 Å². The van der Waals surface area contributed by atoms with E-state index in [1.807, 2.05) is 66.7 Å². The first kappa shape index (κ1) is 21.4. The van der Waals surface area contributed by atoms with Crippen LogP contribution in [0.3, 0.4) is 0 Å². The Bertz CT molecular complexity index is 1060. The number of para-hydroxylation sites is 2. The van der Waals surface area contributed by atoms with Crippen molar-refractivity contribution in [2.75, 3.05) is 23.7 Å². The molecule has 0 aliphatic carbocycles. The second-order valence-electron chi connectivity index (χ2n) is 7.81. The van der Waals surface area contributed by atoms with E-state index >= 15 is 0 Å². The number of anilines is 2. The zero-order valence-corrected chi connectivity index (χ0v) is 18.1. The number of urea groups is 1. The van der Waals surface area contributed by atoms with Crippen molar-refractivity contribution in [3.8, 4) is 16.9 Å². The van der Waals surface area contributed by atoms with Gasteiger partial charge in [0.15, 0.2) is 6.10 Å². The van der Waals surface area contributed by atoms with Crippen LogP contribution in [-0.2, 0) is 4.79 Å². The minimum atomic E-state index is -0.708. The summed E-state index contributed by atoms with van der Waals surface area (Å²) in [5, 5.41) is 5.77. The van der Waals surface area contributed by atoms with Crippen LogP contribution >= 0.6 is 0 Å². The van der Waals surface area contributed by atoms with Crippen LogP contribution in [0.15, 0.2) is 78.9 Å². The minimum Gasteiger partial charge on any atom is -0.481 e. The van der Waals surface area contributed by atoms with Crippen molar-refractivity contribution in [1.29, 1.82) is 0 Å². The van der Waals surface area contributed by atoms with Crippen molar-refractivity contribution in [2.24, 2.45) is 0 Å². The fourth-order valence-corrected chi connectivity index (χ4v) is 3.66. The zero-order chi connectivity index (χ0) is 22.3. The third-order valence-corrected chi connectivity index (χ3v) is 5.46. The van der Waals surface area contributed by atoms with Gasteiger partial charge in [0.25, 0.3) is 5.91 Å². The van der Waals surface area contributed by atoms with Gasteiger partial charge >= 0.3 is 6.03 Å². The lowest BCUT2D eigenvalue weighted by atomic mass is 10.1. The third-order valence-electron chi connectivity index (χ3n) is 5.46. The van der Waals surface area contributed by atoms with E-state index in [1.54, 1.807) is 24.0 Å².